The molecule has 0 bridgehead atoms. The number of nitro benzene ring substituents is 1. The number of aryl methyl sites for hydroxylation is 1. The molecule has 0 heterocycles. The monoisotopic (exact) mass is 307 g/mol. The Hall–Kier alpha value is -2.27. The van der Waals surface area contributed by atoms with E-state index in [4.69, 9.17) is 21.1 Å². The summed E-state index contributed by atoms with van der Waals surface area (Å²) < 4.78 is 10.9. The SMILES string of the molecule is Cc1ccc(Cl)c(OCCOc2cccc([N+](=O)[O-])c2)c1. The minimum atomic E-state index is -0.462. The lowest BCUT2D eigenvalue weighted by molar-refractivity contribution is -0.384. The Morgan fingerprint density at radius 1 is 1.14 bits per heavy atom. The summed E-state index contributed by atoms with van der Waals surface area (Å²) >= 11 is 6.01. The Bertz CT molecular complexity index is 645. The summed E-state index contributed by atoms with van der Waals surface area (Å²) in [6.45, 7) is 2.51. The molecule has 0 aliphatic heterocycles. The molecule has 0 amide bonds. The molecule has 0 saturated heterocycles. The van der Waals surface area contributed by atoms with Crippen LogP contribution in [0.3, 0.4) is 0 Å². The molecule has 21 heavy (non-hydrogen) atoms. The van der Waals surface area contributed by atoms with Crippen LogP contribution in [-0.2, 0) is 0 Å². The van der Waals surface area contributed by atoms with Crippen molar-refractivity contribution >= 4 is 17.3 Å². The topological polar surface area (TPSA) is 61.6 Å². The second-order valence-electron chi connectivity index (χ2n) is 4.39. The quantitative estimate of drug-likeness (QED) is 0.459. The highest BCUT2D eigenvalue weighted by atomic mass is 35.5. The molecule has 110 valence electrons. The Kier molecular flexibility index (Phi) is 5.00. The molecule has 2 aromatic rings. The maximum atomic E-state index is 10.6. The number of benzene rings is 2. The van der Waals surface area contributed by atoms with Gasteiger partial charge in [0.05, 0.1) is 16.0 Å². The summed E-state index contributed by atoms with van der Waals surface area (Å²) in [5.74, 6) is 1.03. The molecule has 5 nitrogen and oxygen atoms in total. The minimum absolute atomic E-state index is 0.00449. The zero-order chi connectivity index (χ0) is 15.2. The molecule has 0 aliphatic rings. The Morgan fingerprint density at radius 2 is 1.90 bits per heavy atom. The number of ether oxygens (including phenoxy) is 2. The van der Waals surface area contributed by atoms with Crippen molar-refractivity contribution in [2.75, 3.05) is 13.2 Å². The van der Waals surface area contributed by atoms with Gasteiger partial charge in [0.15, 0.2) is 0 Å². The number of halogens is 1. The molecule has 0 N–H and O–H groups in total. The number of non-ortho nitro benzene ring substituents is 1. The van der Waals surface area contributed by atoms with Crippen LogP contribution in [-0.4, -0.2) is 18.1 Å². The standard InChI is InChI=1S/C15H14ClNO4/c1-11-5-6-14(16)15(9-11)21-8-7-20-13-4-2-3-12(10-13)17(18)19/h2-6,9-10H,7-8H2,1H3. The average Bonchev–Trinajstić information content (AvgIpc) is 2.47. The van der Waals surface area contributed by atoms with Crippen LogP contribution in [0.1, 0.15) is 5.56 Å². The lowest BCUT2D eigenvalue weighted by Gasteiger charge is -2.10. The molecular formula is C15H14ClNO4. The third kappa shape index (κ3) is 4.36. The molecule has 0 aromatic heterocycles. The fourth-order valence-electron chi connectivity index (χ4n) is 1.72. The van der Waals surface area contributed by atoms with Gasteiger partial charge < -0.3 is 9.47 Å². The Balaban J connectivity index is 1.86. The van der Waals surface area contributed by atoms with Gasteiger partial charge in [0.2, 0.25) is 0 Å². The maximum absolute atomic E-state index is 10.6. The fraction of sp³-hybridized carbons (Fsp3) is 0.200. The minimum Gasteiger partial charge on any atom is -0.490 e. The predicted octanol–water partition coefficient (Wildman–Crippen LogP) is 4.01. The molecule has 2 rings (SSSR count). The summed E-state index contributed by atoms with van der Waals surface area (Å²) in [7, 11) is 0. The van der Waals surface area contributed by atoms with Crippen LogP contribution in [0.15, 0.2) is 42.5 Å². The fourth-order valence-corrected chi connectivity index (χ4v) is 1.89. The van der Waals surface area contributed by atoms with Gasteiger partial charge in [0.1, 0.15) is 24.7 Å². The van der Waals surface area contributed by atoms with E-state index in [0.29, 0.717) is 23.1 Å². The van der Waals surface area contributed by atoms with Crippen LogP contribution in [0.2, 0.25) is 5.02 Å². The van der Waals surface area contributed by atoms with E-state index >= 15 is 0 Å². The first-order valence-electron chi connectivity index (χ1n) is 6.32. The summed E-state index contributed by atoms with van der Waals surface area (Å²) in [4.78, 5) is 10.2. The van der Waals surface area contributed by atoms with E-state index in [1.807, 2.05) is 19.1 Å². The van der Waals surface area contributed by atoms with Crippen LogP contribution < -0.4 is 9.47 Å². The summed E-state index contributed by atoms with van der Waals surface area (Å²) in [5, 5.41) is 11.2. The number of hydrogen-bond acceptors (Lipinski definition) is 4. The summed E-state index contributed by atoms with van der Waals surface area (Å²) in [6, 6.07) is 11.5. The van der Waals surface area contributed by atoms with Gasteiger partial charge in [0, 0.05) is 6.07 Å². The normalized spacial score (nSPS) is 10.2. The zero-order valence-electron chi connectivity index (χ0n) is 11.4. The summed E-state index contributed by atoms with van der Waals surface area (Å²) in [6.07, 6.45) is 0. The van der Waals surface area contributed by atoms with E-state index in [9.17, 15) is 10.1 Å². The molecular weight excluding hydrogens is 294 g/mol. The average molecular weight is 308 g/mol. The zero-order valence-corrected chi connectivity index (χ0v) is 12.2. The van der Waals surface area contributed by atoms with Crippen LogP contribution >= 0.6 is 11.6 Å². The first-order chi connectivity index (χ1) is 10.1. The lowest BCUT2D eigenvalue weighted by atomic mass is 10.2. The van der Waals surface area contributed by atoms with E-state index < -0.39 is 4.92 Å². The second kappa shape index (κ2) is 6.95. The van der Waals surface area contributed by atoms with Gasteiger partial charge >= 0.3 is 0 Å². The number of rotatable bonds is 6. The Labute approximate surface area is 127 Å². The molecule has 2 aromatic carbocycles. The van der Waals surface area contributed by atoms with Crippen LogP contribution in [0, 0.1) is 17.0 Å². The molecule has 0 saturated carbocycles. The highest BCUT2D eigenvalue weighted by molar-refractivity contribution is 6.32. The highest BCUT2D eigenvalue weighted by Gasteiger charge is 2.06. The van der Waals surface area contributed by atoms with E-state index in [2.05, 4.69) is 0 Å². The largest absolute Gasteiger partial charge is 0.490 e. The van der Waals surface area contributed by atoms with Crippen molar-refractivity contribution < 1.29 is 14.4 Å². The second-order valence-corrected chi connectivity index (χ2v) is 4.79. The van der Waals surface area contributed by atoms with Crippen LogP contribution in [0.25, 0.3) is 0 Å². The van der Waals surface area contributed by atoms with E-state index in [0.717, 1.165) is 5.56 Å². The molecule has 6 heteroatoms. The Morgan fingerprint density at radius 3 is 2.67 bits per heavy atom. The van der Waals surface area contributed by atoms with E-state index in [-0.39, 0.29) is 12.3 Å². The maximum Gasteiger partial charge on any atom is 0.273 e. The molecule has 0 unspecified atom stereocenters. The van der Waals surface area contributed by atoms with E-state index in [1.54, 1.807) is 18.2 Å². The molecule has 0 atom stereocenters. The molecule has 0 fully saturated rings. The van der Waals surface area contributed by atoms with Gasteiger partial charge in [-0.2, -0.15) is 0 Å². The lowest BCUT2D eigenvalue weighted by Crippen LogP contribution is -2.09. The first kappa shape index (κ1) is 15.1. The molecule has 0 aliphatic carbocycles. The number of nitro groups is 1. The molecule has 0 spiro atoms. The van der Waals surface area contributed by atoms with Crippen molar-refractivity contribution in [3.8, 4) is 11.5 Å². The van der Waals surface area contributed by atoms with Crippen LogP contribution in [0.4, 0.5) is 5.69 Å². The van der Waals surface area contributed by atoms with Gasteiger partial charge in [-0.3, -0.25) is 10.1 Å². The summed E-state index contributed by atoms with van der Waals surface area (Å²) in [5.41, 5.74) is 1.05. The van der Waals surface area contributed by atoms with Crippen LogP contribution in [0.5, 0.6) is 11.5 Å². The van der Waals surface area contributed by atoms with Gasteiger partial charge in [-0.05, 0) is 30.7 Å². The van der Waals surface area contributed by atoms with Gasteiger partial charge in [0.25, 0.3) is 5.69 Å². The van der Waals surface area contributed by atoms with Gasteiger partial charge in [-0.1, -0.05) is 23.7 Å². The predicted molar refractivity (Wildman–Crippen MR) is 80.3 cm³/mol. The smallest absolute Gasteiger partial charge is 0.273 e. The third-order valence-electron chi connectivity index (χ3n) is 2.72. The van der Waals surface area contributed by atoms with Crippen molar-refractivity contribution in [2.45, 2.75) is 6.92 Å². The van der Waals surface area contributed by atoms with Gasteiger partial charge in [-0.25, -0.2) is 0 Å². The van der Waals surface area contributed by atoms with Crippen molar-refractivity contribution in [1.29, 1.82) is 0 Å². The van der Waals surface area contributed by atoms with Crippen molar-refractivity contribution in [2.24, 2.45) is 0 Å². The van der Waals surface area contributed by atoms with Gasteiger partial charge in [-0.15, -0.1) is 0 Å². The number of nitrogens with zero attached hydrogens (tertiary/aromatic N) is 1. The highest BCUT2D eigenvalue weighted by Crippen LogP contribution is 2.25. The van der Waals surface area contributed by atoms with Crippen molar-refractivity contribution in [3.05, 3.63) is 63.2 Å². The van der Waals surface area contributed by atoms with Crippen molar-refractivity contribution in [1.82, 2.24) is 0 Å². The van der Waals surface area contributed by atoms with E-state index in [1.165, 1.54) is 12.1 Å². The first-order valence-corrected chi connectivity index (χ1v) is 6.70. The number of hydrogen-bond donors (Lipinski definition) is 0. The molecule has 0 radical (unpaired) electrons. The third-order valence-corrected chi connectivity index (χ3v) is 3.04. The van der Waals surface area contributed by atoms with Crippen molar-refractivity contribution in [3.63, 3.8) is 0 Å².